The highest BCUT2D eigenvalue weighted by atomic mass is 15.1. The molecule has 284 valence electrons. The van der Waals surface area contributed by atoms with E-state index in [0.717, 1.165) is 107 Å². The minimum atomic E-state index is 0.629. The largest absolute Gasteiger partial charge is 0.294 e. The molecule has 0 N–H and O–H groups in total. The van der Waals surface area contributed by atoms with Gasteiger partial charge in [0.15, 0.2) is 11.7 Å². The smallest absolute Gasteiger partial charge is 0.162 e. The first kappa shape index (κ1) is 35.2. The van der Waals surface area contributed by atoms with Gasteiger partial charge in [-0.3, -0.25) is 9.13 Å². The van der Waals surface area contributed by atoms with Crippen LogP contribution in [0.15, 0.2) is 226 Å². The zero-order chi connectivity index (χ0) is 40.0. The van der Waals surface area contributed by atoms with Crippen LogP contribution >= 0.6 is 0 Å². The molecule has 0 amide bonds. The van der Waals surface area contributed by atoms with Crippen molar-refractivity contribution in [3.8, 4) is 0 Å². The molecule has 9 aromatic rings. The molecule has 0 bridgehead atoms. The average Bonchev–Trinajstić information content (AvgIpc) is 3.75. The quantitative estimate of drug-likeness (QED) is 0.162. The lowest BCUT2D eigenvalue weighted by Crippen LogP contribution is -2.10. The summed E-state index contributed by atoms with van der Waals surface area (Å²) in [6.45, 7) is 4.57. The molecule has 7 aromatic carbocycles. The third kappa shape index (κ3) is 6.05. The predicted molar refractivity (Wildman–Crippen MR) is 251 cm³/mol. The number of allylic oxidation sites excluding steroid dienone is 3. The molecule has 6 nitrogen and oxygen atoms in total. The number of aliphatic imine (C=N–C) groups is 4. The van der Waals surface area contributed by atoms with Gasteiger partial charge in [-0.1, -0.05) is 164 Å². The molecular weight excluding hydrogens is 733 g/mol. The highest BCUT2D eigenvalue weighted by molar-refractivity contribution is 6.30. The van der Waals surface area contributed by atoms with Gasteiger partial charge < -0.3 is 0 Å². The van der Waals surface area contributed by atoms with Crippen molar-refractivity contribution < 1.29 is 0 Å². The first-order valence-corrected chi connectivity index (χ1v) is 20.3. The first-order valence-electron chi connectivity index (χ1n) is 20.3. The molecule has 0 spiro atoms. The van der Waals surface area contributed by atoms with Gasteiger partial charge in [0.1, 0.15) is 11.6 Å². The number of nitrogens with zero attached hydrogens (tertiary/aromatic N) is 6. The summed E-state index contributed by atoms with van der Waals surface area (Å²) in [4.78, 5) is 21.3. The van der Waals surface area contributed by atoms with Gasteiger partial charge in [-0.15, -0.1) is 0 Å². The van der Waals surface area contributed by atoms with E-state index in [1.54, 1.807) is 0 Å². The van der Waals surface area contributed by atoms with Crippen molar-refractivity contribution >= 4 is 78.3 Å². The van der Waals surface area contributed by atoms with Crippen molar-refractivity contribution in [1.82, 2.24) is 9.13 Å². The summed E-state index contributed by atoms with van der Waals surface area (Å²) < 4.78 is 4.59. The molecule has 0 unspecified atom stereocenters. The molecule has 2 aromatic heterocycles. The van der Waals surface area contributed by atoms with Gasteiger partial charge in [-0.2, -0.15) is 0 Å². The number of hydrogen-bond acceptors (Lipinski definition) is 4. The second-order valence-electron chi connectivity index (χ2n) is 15.0. The van der Waals surface area contributed by atoms with Crippen LogP contribution in [0.1, 0.15) is 35.1 Å². The Labute approximate surface area is 347 Å². The summed E-state index contributed by atoms with van der Waals surface area (Å²) in [5, 5.41) is 4.59. The van der Waals surface area contributed by atoms with Gasteiger partial charge in [0.25, 0.3) is 0 Å². The molecule has 2 aliphatic rings. The van der Waals surface area contributed by atoms with Gasteiger partial charge in [0.2, 0.25) is 0 Å². The van der Waals surface area contributed by atoms with E-state index < -0.39 is 0 Å². The molecule has 0 fully saturated rings. The first-order chi connectivity index (χ1) is 29.7. The molecule has 0 aliphatic carbocycles. The van der Waals surface area contributed by atoms with Gasteiger partial charge in [0.05, 0.1) is 33.5 Å². The Balaban J connectivity index is 1.15. The maximum absolute atomic E-state index is 5.43. The van der Waals surface area contributed by atoms with E-state index in [1.807, 2.05) is 60.7 Å². The molecule has 0 atom stereocenters. The number of benzene rings is 7. The average molecular weight is 771 g/mol. The number of fused-ring (bicyclic) bond motifs is 7. The van der Waals surface area contributed by atoms with Crippen LogP contribution in [0.5, 0.6) is 0 Å². The number of amidine groups is 2. The van der Waals surface area contributed by atoms with Crippen LogP contribution in [-0.2, 0) is 0 Å². The summed E-state index contributed by atoms with van der Waals surface area (Å²) in [5.41, 5.74) is 10.9. The molecule has 0 saturated carbocycles. The van der Waals surface area contributed by atoms with Crippen LogP contribution in [0, 0.1) is 0 Å². The van der Waals surface area contributed by atoms with Crippen molar-refractivity contribution in [2.75, 3.05) is 0 Å². The maximum atomic E-state index is 5.43. The third-order valence-electron chi connectivity index (χ3n) is 11.4. The Kier molecular flexibility index (Phi) is 8.67. The SMILES string of the molecule is C=C1C=C(n2c3ccccc3c3c4c5ccccc5n(C5=CCCC(c6ccccc6)=NC(c6ccccc6)=N5)c4ccc32)N=C(c2ccccc2)N=C1c1ccccc1. The molecule has 60 heavy (non-hydrogen) atoms. The minimum absolute atomic E-state index is 0.629. The second-order valence-corrected chi connectivity index (χ2v) is 15.0. The monoisotopic (exact) mass is 770 g/mol. The van der Waals surface area contributed by atoms with E-state index in [4.69, 9.17) is 20.0 Å². The van der Waals surface area contributed by atoms with E-state index in [1.165, 1.54) is 0 Å². The number of aromatic nitrogens is 2. The highest BCUT2D eigenvalue weighted by Crippen LogP contribution is 2.43. The molecular formula is C54H38N6. The topological polar surface area (TPSA) is 59.3 Å². The second kappa shape index (κ2) is 14.8. The zero-order valence-electron chi connectivity index (χ0n) is 32.8. The number of hydrogen-bond donors (Lipinski definition) is 0. The van der Waals surface area contributed by atoms with E-state index >= 15 is 0 Å². The molecule has 11 rings (SSSR count). The lowest BCUT2D eigenvalue weighted by molar-refractivity contribution is 1.05. The summed E-state index contributed by atoms with van der Waals surface area (Å²) in [6.07, 6.45) is 5.92. The number of rotatable bonds is 6. The van der Waals surface area contributed by atoms with Crippen molar-refractivity contribution in [1.29, 1.82) is 0 Å². The summed E-state index contributed by atoms with van der Waals surface area (Å²) in [7, 11) is 0. The Morgan fingerprint density at radius 3 is 1.42 bits per heavy atom. The van der Waals surface area contributed by atoms with Gasteiger partial charge in [0, 0.05) is 38.2 Å². The fourth-order valence-electron chi connectivity index (χ4n) is 8.65. The predicted octanol–water partition coefficient (Wildman–Crippen LogP) is 12.7. The Bertz CT molecular complexity index is 3340. The van der Waals surface area contributed by atoms with Crippen molar-refractivity contribution in [3.05, 3.63) is 229 Å². The fraction of sp³-hybridized carbons (Fsp3) is 0.0370. The van der Waals surface area contributed by atoms with Gasteiger partial charge >= 0.3 is 0 Å². The maximum Gasteiger partial charge on any atom is 0.162 e. The van der Waals surface area contributed by atoms with Crippen LogP contribution in [0.25, 0.3) is 55.3 Å². The minimum Gasteiger partial charge on any atom is -0.294 e. The van der Waals surface area contributed by atoms with Crippen molar-refractivity contribution in [2.45, 2.75) is 12.8 Å². The number of para-hydroxylation sites is 2. The molecule has 0 radical (unpaired) electrons. The van der Waals surface area contributed by atoms with E-state index in [0.29, 0.717) is 11.7 Å². The van der Waals surface area contributed by atoms with Gasteiger partial charge in [-0.05, 0) is 60.4 Å². The lowest BCUT2D eigenvalue weighted by Gasteiger charge is -2.15. The van der Waals surface area contributed by atoms with Crippen LogP contribution in [0.4, 0.5) is 0 Å². The lowest BCUT2D eigenvalue weighted by atomic mass is 10.0. The van der Waals surface area contributed by atoms with Crippen LogP contribution in [-0.4, -0.2) is 32.2 Å². The Morgan fingerprint density at radius 2 is 0.850 bits per heavy atom. The molecule has 2 aliphatic heterocycles. The van der Waals surface area contributed by atoms with Crippen LogP contribution in [0.2, 0.25) is 0 Å². The molecule has 0 saturated heterocycles. The van der Waals surface area contributed by atoms with Gasteiger partial charge in [-0.25, -0.2) is 20.0 Å². The summed E-state index contributed by atoms with van der Waals surface area (Å²) in [5.74, 6) is 2.91. The third-order valence-corrected chi connectivity index (χ3v) is 11.4. The van der Waals surface area contributed by atoms with Crippen molar-refractivity contribution in [3.63, 3.8) is 0 Å². The van der Waals surface area contributed by atoms with E-state index in [2.05, 4.69) is 149 Å². The van der Waals surface area contributed by atoms with Crippen LogP contribution in [0.3, 0.4) is 0 Å². The molecule has 4 heterocycles. The molecule has 6 heteroatoms. The van der Waals surface area contributed by atoms with Crippen LogP contribution < -0.4 is 0 Å². The van der Waals surface area contributed by atoms with E-state index in [-0.39, 0.29) is 0 Å². The van der Waals surface area contributed by atoms with E-state index in [9.17, 15) is 0 Å². The summed E-state index contributed by atoms with van der Waals surface area (Å²) >= 11 is 0. The Hall–Kier alpha value is -7.96. The van der Waals surface area contributed by atoms with Crippen molar-refractivity contribution in [2.24, 2.45) is 20.0 Å². The zero-order valence-corrected chi connectivity index (χ0v) is 32.8. The summed E-state index contributed by atoms with van der Waals surface area (Å²) in [6, 6.07) is 62.9. The highest BCUT2D eigenvalue weighted by Gasteiger charge is 2.24. The fourth-order valence-corrected chi connectivity index (χ4v) is 8.65. The Morgan fingerprint density at radius 1 is 0.400 bits per heavy atom. The standard InChI is InChI=1S/C54H38N6/c1-36-35-49(57-54(40-25-12-5-13-26-40)58-52(36)38-21-8-3-9-22-38)60-45-31-17-15-28-42(45)51-47(60)34-33-46-50(51)41-27-14-16-30-44(41)59(46)48-32-18-29-43(37-19-6-2-7-20-37)55-53(56-48)39-23-10-4-11-24-39/h2-17,19-28,30-35H,1,18,29H2. The normalized spacial score (nSPS) is 14.8.